The fourth-order valence-corrected chi connectivity index (χ4v) is 3.63. The van der Waals surface area contributed by atoms with Gasteiger partial charge in [-0.1, -0.05) is 0 Å². The van der Waals surface area contributed by atoms with Gasteiger partial charge in [-0.25, -0.2) is 0 Å². The number of halogens is 1. The molecule has 0 saturated heterocycles. The van der Waals surface area contributed by atoms with Gasteiger partial charge >= 0.3 is 58.7 Å². The van der Waals surface area contributed by atoms with Gasteiger partial charge in [0.05, 0.1) is 0 Å². The Morgan fingerprint density at radius 3 is 3.00 bits per heavy atom. The minimum atomic E-state index is 0.366. The average Bonchev–Trinajstić information content (AvgIpc) is 1.69. The Bertz CT molecular complexity index is 83.8. The van der Waals surface area contributed by atoms with Crippen molar-refractivity contribution in [2.24, 2.45) is 0 Å². The normalized spacial score (nSPS) is 30.7. The SMILES string of the molecule is ClC1C[Se]C=CS1. The molecule has 0 radical (unpaired) electrons. The van der Waals surface area contributed by atoms with Crippen LogP contribution in [0.5, 0.6) is 0 Å². The fourth-order valence-electron chi connectivity index (χ4n) is 0.327. The van der Waals surface area contributed by atoms with Crippen LogP contribution >= 0.6 is 23.4 Å². The van der Waals surface area contributed by atoms with E-state index in [-0.39, 0.29) is 0 Å². The summed E-state index contributed by atoms with van der Waals surface area (Å²) in [4.78, 5) is 2.22. The van der Waals surface area contributed by atoms with E-state index in [1.54, 1.807) is 11.8 Å². The van der Waals surface area contributed by atoms with Crippen molar-refractivity contribution < 1.29 is 0 Å². The maximum absolute atomic E-state index is 5.74. The summed E-state index contributed by atoms with van der Waals surface area (Å²) >= 11 is 8.15. The summed E-state index contributed by atoms with van der Waals surface area (Å²) in [6, 6.07) is 0. The molecule has 0 aliphatic carbocycles. The van der Waals surface area contributed by atoms with Crippen LogP contribution in [0.2, 0.25) is 5.32 Å². The molecule has 0 saturated carbocycles. The molecule has 1 heterocycles. The van der Waals surface area contributed by atoms with Crippen LogP contribution in [-0.4, -0.2) is 19.7 Å². The van der Waals surface area contributed by atoms with E-state index in [4.69, 9.17) is 11.6 Å². The Kier molecular flexibility index (Phi) is 2.61. The fraction of sp³-hybridized carbons (Fsp3) is 0.500. The predicted molar refractivity (Wildman–Crippen MR) is 36.9 cm³/mol. The van der Waals surface area contributed by atoms with Gasteiger partial charge in [0, 0.05) is 0 Å². The van der Waals surface area contributed by atoms with Gasteiger partial charge in [-0.3, -0.25) is 0 Å². The molecule has 7 heavy (non-hydrogen) atoms. The standard InChI is InChI=1S/C4H5ClSSe/c5-4-3-7-2-1-6-4/h1-2,4H,3H2. The molecule has 0 bridgehead atoms. The van der Waals surface area contributed by atoms with Crippen LogP contribution in [0.4, 0.5) is 0 Å². The molecule has 0 N–H and O–H groups in total. The monoisotopic (exact) mass is 200 g/mol. The van der Waals surface area contributed by atoms with Gasteiger partial charge in [0.2, 0.25) is 0 Å². The van der Waals surface area contributed by atoms with Crippen LogP contribution in [0.15, 0.2) is 10.4 Å². The first kappa shape index (κ1) is 6.03. The van der Waals surface area contributed by atoms with E-state index >= 15 is 0 Å². The van der Waals surface area contributed by atoms with E-state index in [0.29, 0.717) is 19.7 Å². The quantitative estimate of drug-likeness (QED) is 0.424. The van der Waals surface area contributed by atoms with Crippen LogP contribution in [0.25, 0.3) is 0 Å². The second kappa shape index (κ2) is 3.03. The second-order valence-electron chi connectivity index (χ2n) is 1.15. The summed E-state index contributed by atoms with van der Waals surface area (Å²) in [7, 11) is 0. The van der Waals surface area contributed by atoms with Gasteiger partial charge in [-0.05, 0) is 0 Å². The van der Waals surface area contributed by atoms with Gasteiger partial charge in [0.25, 0.3) is 0 Å². The zero-order chi connectivity index (χ0) is 5.11. The molecule has 0 fully saturated rings. The Morgan fingerprint density at radius 1 is 1.86 bits per heavy atom. The summed E-state index contributed by atoms with van der Waals surface area (Å²) in [6.45, 7) is 0. The van der Waals surface area contributed by atoms with E-state index < -0.39 is 0 Å². The van der Waals surface area contributed by atoms with Crippen molar-refractivity contribution in [3.63, 3.8) is 0 Å². The predicted octanol–water partition coefficient (Wildman–Crippen LogP) is 1.89. The molecule has 0 aromatic heterocycles. The molecule has 1 rings (SSSR count). The number of thioether (sulfide) groups is 1. The first-order valence-electron chi connectivity index (χ1n) is 1.96. The third-order valence-corrected chi connectivity index (χ3v) is 4.90. The Labute approximate surface area is 58.8 Å². The molecule has 1 atom stereocenters. The average molecular weight is 200 g/mol. The molecular formula is C4H5ClSSe. The summed E-state index contributed by atoms with van der Waals surface area (Å²) in [5, 5.41) is 3.29. The molecular weight excluding hydrogens is 195 g/mol. The first-order chi connectivity index (χ1) is 3.39. The molecule has 1 aliphatic heterocycles. The van der Waals surface area contributed by atoms with E-state index in [1.807, 2.05) is 0 Å². The second-order valence-corrected chi connectivity index (χ2v) is 5.02. The molecule has 40 valence electrons. The van der Waals surface area contributed by atoms with Crippen molar-refractivity contribution in [2.75, 3.05) is 0 Å². The van der Waals surface area contributed by atoms with E-state index in [0.717, 1.165) is 0 Å². The number of rotatable bonds is 0. The van der Waals surface area contributed by atoms with Crippen LogP contribution in [0.1, 0.15) is 0 Å². The van der Waals surface area contributed by atoms with Gasteiger partial charge < -0.3 is 0 Å². The Hall–Kier alpha value is 0.899. The van der Waals surface area contributed by atoms with E-state index in [9.17, 15) is 0 Å². The summed E-state index contributed by atoms with van der Waals surface area (Å²) in [6.07, 6.45) is 0. The molecule has 0 aromatic carbocycles. The van der Waals surface area contributed by atoms with Gasteiger partial charge in [0.15, 0.2) is 0 Å². The number of hydrogen-bond donors (Lipinski definition) is 0. The van der Waals surface area contributed by atoms with Crippen molar-refractivity contribution in [3.8, 4) is 0 Å². The Balaban J connectivity index is 2.32. The third kappa shape index (κ3) is 2.09. The zero-order valence-electron chi connectivity index (χ0n) is 3.63. The van der Waals surface area contributed by atoms with Crippen molar-refractivity contribution in [2.45, 2.75) is 10.0 Å². The molecule has 0 amide bonds. The van der Waals surface area contributed by atoms with E-state index in [2.05, 4.69) is 10.4 Å². The van der Waals surface area contributed by atoms with Crippen molar-refractivity contribution >= 4 is 38.3 Å². The summed E-state index contributed by atoms with van der Waals surface area (Å²) in [5.74, 6) is 0. The van der Waals surface area contributed by atoms with Crippen LogP contribution in [0, 0.1) is 0 Å². The number of alkyl halides is 1. The van der Waals surface area contributed by atoms with Gasteiger partial charge in [-0.15, -0.1) is 0 Å². The molecule has 0 aromatic rings. The Morgan fingerprint density at radius 2 is 2.71 bits per heavy atom. The van der Waals surface area contributed by atoms with Crippen LogP contribution in [0.3, 0.4) is 0 Å². The van der Waals surface area contributed by atoms with Crippen molar-refractivity contribution in [3.05, 3.63) is 10.4 Å². The van der Waals surface area contributed by atoms with Crippen LogP contribution in [-0.2, 0) is 0 Å². The van der Waals surface area contributed by atoms with Gasteiger partial charge in [0.1, 0.15) is 0 Å². The molecule has 1 aliphatic rings. The maximum atomic E-state index is 5.74. The van der Waals surface area contributed by atoms with Gasteiger partial charge in [-0.2, -0.15) is 0 Å². The first-order valence-corrected chi connectivity index (χ1v) is 5.54. The number of hydrogen-bond acceptors (Lipinski definition) is 1. The minimum absolute atomic E-state index is 0.366. The third-order valence-electron chi connectivity index (χ3n) is 0.605. The molecule has 3 heteroatoms. The molecule has 1 unspecified atom stereocenters. The topological polar surface area (TPSA) is 0 Å². The van der Waals surface area contributed by atoms with E-state index in [1.165, 1.54) is 5.32 Å². The van der Waals surface area contributed by atoms with Crippen molar-refractivity contribution in [1.82, 2.24) is 0 Å². The summed E-state index contributed by atoms with van der Waals surface area (Å²) < 4.78 is 0.366. The molecule has 0 spiro atoms. The van der Waals surface area contributed by atoms with Crippen LogP contribution < -0.4 is 0 Å². The zero-order valence-corrected chi connectivity index (χ0v) is 6.92. The van der Waals surface area contributed by atoms with Crippen molar-refractivity contribution in [1.29, 1.82) is 0 Å². The molecule has 0 nitrogen and oxygen atoms in total. The summed E-state index contributed by atoms with van der Waals surface area (Å²) in [5.41, 5.74) is 0.